The minimum absolute atomic E-state index is 0.0367. The number of allylic oxidation sites excluding steroid dienone is 3. The Morgan fingerprint density at radius 1 is 0.868 bits per heavy atom. The molecule has 0 heterocycles. The number of hydrogen-bond donors (Lipinski definition) is 0. The second-order valence-electron chi connectivity index (χ2n) is 14.0. The monoisotopic (exact) mass is 576 g/mol. The van der Waals surface area contributed by atoms with Crippen LogP contribution in [0.1, 0.15) is 67.2 Å². The van der Waals surface area contributed by atoms with E-state index in [1.807, 2.05) is 18.2 Å². The zero-order chi connectivity index (χ0) is 29.8. The Balaban J connectivity index is 5.60. The van der Waals surface area contributed by atoms with Gasteiger partial charge in [-0.25, -0.2) is 0 Å². The molecule has 4 nitrogen and oxygen atoms in total. The summed E-state index contributed by atoms with van der Waals surface area (Å²) in [4.78, 5) is 11.6. The van der Waals surface area contributed by atoms with Crippen molar-refractivity contribution in [1.82, 2.24) is 0 Å². The summed E-state index contributed by atoms with van der Waals surface area (Å²) in [6, 6.07) is 0. The van der Waals surface area contributed by atoms with Crippen LogP contribution in [-0.2, 0) is 18.4 Å². The van der Waals surface area contributed by atoms with Gasteiger partial charge in [0.2, 0.25) is 0 Å². The van der Waals surface area contributed by atoms with Gasteiger partial charge < -0.3 is 13.6 Å². The largest absolute Gasteiger partial charge is 0.469 e. The van der Waals surface area contributed by atoms with Crippen molar-refractivity contribution < 1.29 is 18.4 Å². The Morgan fingerprint density at radius 3 is 1.92 bits per heavy atom. The van der Waals surface area contributed by atoms with Crippen LogP contribution in [0.25, 0.3) is 0 Å². The molecule has 0 rings (SSSR count). The fraction of sp³-hybridized carbons (Fsp3) is 0.710. The summed E-state index contributed by atoms with van der Waals surface area (Å²) < 4.78 is 18.0. The van der Waals surface area contributed by atoms with Crippen molar-refractivity contribution in [3.05, 3.63) is 24.3 Å². The number of carbonyl (C=O) groups is 1. The first-order valence-corrected chi connectivity index (χ1v) is 23.2. The second-order valence-corrected chi connectivity index (χ2v) is 28.3. The Bertz CT molecular complexity index is 921. The quantitative estimate of drug-likeness (QED) is 0.107. The van der Waals surface area contributed by atoms with Crippen LogP contribution in [0.5, 0.6) is 0 Å². The van der Waals surface area contributed by atoms with E-state index in [9.17, 15) is 4.79 Å². The van der Waals surface area contributed by atoms with Crippen LogP contribution < -0.4 is 0 Å². The van der Waals surface area contributed by atoms with Crippen LogP contribution in [-0.4, -0.2) is 50.0 Å². The number of rotatable bonds is 11. The molecule has 0 aromatic heterocycles. The molecule has 0 saturated heterocycles. The number of ether oxygens (including phenoxy) is 1. The molecule has 0 saturated carbocycles. The maximum absolute atomic E-state index is 11.6. The molecule has 0 spiro atoms. The van der Waals surface area contributed by atoms with Gasteiger partial charge in [0.05, 0.1) is 13.2 Å². The van der Waals surface area contributed by atoms with Crippen molar-refractivity contribution >= 4 is 30.7 Å². The zero-order valence-electron chi connectivity index (χ0n) is 26.9. The summed E-state index contributed by atoms with van der Waals surface area (Å²) in [6.07, 6.45) is 10.2. The number of carbonyl (C=O) groups excluding carboxylic acids is 1. The highest BCUT2D eigenvalue weighted by Gasteiger charge is 2.39. The summed E-state index contributed by atoms with van der Waals surface area (Å²) in [7, 11) is -3.91. The molecule has 0 aromatic carbocycles. The molecule has 0 aliphatic carbocycles. The van der Waals surface area contributed by atoms with E-state index in [4.69, 9.17) is 13.6 Å². The van der Waals surface area contributed by atoms with Crippen LogP contribution in [0, 0.1) is 23.3 Å². The van der Waals surface area contributed by atoms with E-state index in [0.717, 1.165) is 0 Å². The number of hydrogen-bond acceptors (Lipinski definition) is 4. The molecular formula is C31H56O4Si3. The lowest BCUT2D eigenvalue weighted by Crippen LogP contribution is -2.43. The Kier molecular flexibility index (Phi) is 14.9. The highest BCUT2D eigenvalue weighted by atomic mass is 28.4. The van der Waals surface area contributed by atoms with Crippen LogP contribution in [0.4, 0.5) is 0 Å². The molecule has 7 heteroatoms. The average molecular weight is 577 g/mol. The average Bonchev–Trinajstić information content (AvgIpc) is 2.72. The van der Waals surface area contributed by atoms with Gasteiger partial charge in [0, 0.05) is 12.8 Å². The standard InChI is InChI=1S/C31H56O4Si3/c1-30(2,3)37(11,12)34-27(23-19-25-29(32)33-7)21-17-15-16-18-22-28(24-20-26-36(8,9)10)35-38(13,14)31(4,5)6/h15-16,18,22,27-28H,19,23-25H2,1-14H3/b16-15+,22-18+/t27-,28-/m1/s1. The normalized spacial score (nSPS) is 15.0. The van der Waals surface area contributed by atoms with Crippen LogP contribution in [0.15, 0.2) is 24.3 Å². The van der Waals surface area contributed by atoms with Crippen molar-refractivity contribution in [2.45, 2.75) is 135 Å². The van der Waals surface area contributed by atoms with E-state index in [1.165, 1.54) is 7.11 Å². The number of esters is 1. The fourth-order valence-corrected chi connectivity index (χ4v) is 5.93. The first-order chi connectivity index (χ1) is 17.1. The van der Waals surface area contributed by atoms with Gasteiger partial charge in [-0.2, -0.15) is 0 Å². The van der Waals surface area contributed by atoms with E-state index in [2.05, 4.69) is 117 Å². The SMILES string of the molecule is COC(=O)CCC[C@@H](C#C/C=C/C=C/[C@H](CC#C[Si](C)(C)C)O[Si](C)(C)C(C)(C)C)O[Si](C)(C)C(C)(C)C. The van der Waals surface area contributed by atoms with E-state index < -0.39 is 24.7 Å². The molecule has 0 bridgehead atoms. The van der Waals surface area contributed by atoms with Crippen molar-refractivity contribution in [2.24, 2.45) is 0 Å². The molecule has 0 unspecified atom stereocenters. The van der Waals surface area contributed by atoms with E-state index in [0.29, 0.717) is 25.7 Å². The Hall–Kier alpha value is -1.36. The molecule has 0 radical (unpaired) electrons. The first kappa shape index (κ1) is 36.6. The summed E-state index contributed by atoms with van der Waals surface area (Å²) in [5, 5.41) is 0.227. The number of methoxy groups -OCH3 is 1. The minimum Gasteiger partial charge on any atom is -0.469 e. The maximum atomic E-state index is 11.6. The predicted octanol–water partition coefficient (Wildman–Crippen LogP) is 8.50. The molecule has 0 aliphatic heterocycles. The fourth-order valence-electron chi connectivity index (χ4n) is 2.78. The van der Waals surface area contributed by atoms with Crippen molar-refractivity contribution in [2.75, 3.05) is 7.11 Å². The topological polar surface area (TPSA) is 44.8 Å². The highest BCUT2D eigenvalue weighted by molar-refractivity contribution is 6.83. The third-order valence-corrected chi connectivity index (χ3v) is 17.1. The van der Waals surface area contributed by atoms with Gasteiger partial charge in [0.1, 0.15) is 14.2 Å². The van der Waals surface area contributed by atoms with Crippen LogP contribution >= 0.6 is 0 Å². The first-order valence-electron chi connectivity index (χ1n) is 13.9. The lowest BCUT2D eigenvalue weighted by molar-refractivity contribution is -0.140. The van der Waals surface area contributed by atoms with Gasteiger partial charge in [-0.05, 0) is 55.2 Å². The Labute approximate surface area is 238 Å². The van der Waals surface area contributed by atoms with Gasteiger partial charge in [-0.15, -0.1) is 11.5 Å². The van der Waals surface area contributed by atoms with Crippen LogP contribution in [0.2, 0.25) is 55.9 Å². The van der Waals surface area contributed by atoms with Gasteiger partial charge in [-0.1, -0.05) is 91.3 Å². The maximum Gasteiger partial charge on any atom is 0.305 e. The van der Waals surface area contributed by atoms with E-state index >= 15 is 0 Å². The lowest BCUT2D eigenvalue weighted by Gasteiger charge is -2.38. The minimum atomic E-state index is -1.99. The molecule has 0 amide bonds. The molecule has 0 aliphatic rings. The van der Waals surface area contributed by atoms with Gasteiger partial charge in [0.25, 0.3) is 0 Å². The van der Waals surface area contributed by atoms with Crippen molar-refractivity contribution in [3.63, 3.8) is 0 Å². The highest BCUT2D eigenvalue weighted by Crippen LogP contribution is 2.38. The van der Waals surface area contributed by atoms with Crippen molar-refractivity contribution in [3.8, 4) is 23.3 Å². The molecule has 2 atom stereocenters. The third kappa shape index (κ3) is 15.3. The summed E-state index contributed by atoms with van der Waals surface area (Å²) in [5.74, 6) is 9.65. The second kappa shape index (κ2) is 15.4. The smallest absolute Gasteiger partial charge is 0.305 e. The predicted molar refractivity (Wildman–Crippen MR) is 172 cm³/mol. The van der Waals surface area contributed by atoms with Gasteiger partial charge >= 0.3 is 5.97 Å². The molecule has 216 valence electrons. The van der Waals surface area contributed by atoms with Crippen molar-refractivity contribution in [1.29, 1.82) is 0 Å². The Morgan fingerprint density at radius 2 is 1.42 bits per heavy atom. The van der Waals surface area contributed by atoms with Gasteiger partial charge in [0.15, 0.2) is 16.6 Å². The molecule has 0 aromatic rings. The molecule has 0 N–H and O–H groups in total. The molecule has 0 fully saturated rings. The summed E-state index contributed by atoms with van der Waals surface area (Å²) >= 11 is 0. The third-order valence-electron chi connectivity index (χ3n) is 7.20. The summed E-state index contributed by atoms with van der Waals surface area (Å²) in [6.45, 7) is 29.3. The van der Waals surface area contributed by atoms with Crippen LogP contribution in [0.3, 0.4) is 0 Å². The van der Waals surface area contributed by atoms with Gasteiger partial charge in [-0.3, -0.25) is 4.79 Å². The summed E-state index contributed by atoms with van der Waals surface area (Å²) in [5.41, 5.74) is 3.47. The molecule has 38 heavy (non-hydrogen) atoms. The molecular weight excluding hydrogens is 521 g/mol. The van der Waals surface area contributed by atoms with E-state index in [1.54, 1.807) is 0 Å². The zero-order valence-corrected chi connectivity index (χ0v) is 29.9. The lowest BCUT2D eigenvalue weighted by atomic mass is 10.1. The van der Waals surface area contributed by atoms with E-state index in [-0.39, 0.29) is 28.3 Å².